The Morgan fingerprint density at radius 1 is 1.50 bits per heavy atom. The number of ether oxygens (including phenoxy) is 1. The van der Waals surface area contributed by atoms with Crippen LogP contribution in [0.2, 0.25) is 0 Å². The third kappa shape index (κ3) is 4.54. The minimum Gasteiger partial charge on any atom is -0.468 e. The zero-order chi connectivity index (χ0) is 15.5. The monoisotopic (exact) mass is 383 g/mol. The van der Waals surface area contributed by atoms with E-state index in [-0.39, 0.29) is 10.1 Å². The lowest BCUT2D eigenvalue weighted by molar-refractivity contribution is -0.143. The third-order valence-electron chi connectivity index (χ3n) is 2.59. The Bertz CT molecular complexity index is 561. The van der Waals surface area contributed by atoms with Gasteiger partial charge in [-0.2, -0.15) is 4.72 Å². The second-order valence-electron chi connectivity index (χ2n) is 4.85. The standard InChI is InChI=1S/C12H18BrNO4S2/c1-7(2)5-9(12(15)18-4)14-20(16,17)10-6-8(3)11(13)19-10/h6-7,9,14H,5H2,1-4H3. The molecular weight excluding hydrogens is 366 g/mol. The van der Waals surface area contributed by atoms with E-state index in [1.165, 1.54) is 7.11 Å². The molecule has 0 amide bonds. The summed E-state index contributed by atoms with van der Waals surface area (Å²) in [4.78, 5) is 11.7. The summed E-state index contributed by atoms with van der Waals surface area (Å²) in [5.41, 5.74) is 0.842. The number of hydrogen-bond donors (Lipinski definition) is 1. The number of thiophene rings is 1. The Morgan fingerprint density at radius 2 is 2.10 bits per heavy atom. The van der Waals surface area contributed by atoms with E-state index in [9.17, 15) is 13.2 Å². The van der Waals surface area contributed by atoms with E-state index in [1.807, 2.05) is 20.8 Å². The first-order valence-electron chi connectivity index (χ1n) is 6.03. The predicted molar refractivity (Wildman–Crippen MR) is 82.3 cm³/mol. The number of esters is 1. The van der Waals surface area contributed by atoms with Gasteiger partial charge in [0.2, 0.25) is 0 Å². The number of sulfonamides is 1. The van der Waals surface area contributed by atoms with Crippen molar-refractivity contribution in [1.82, 2.24) is 4.72 Å². The minimum absolute atomic E-state index is 0.165. The first-order valence-corrected chi connectivity index (χ1v) is 9.12. The predicted octanol–water partition coefficient (Wildman–Crippen LogP) is 2.69. The first-order chi connectivity index (χ1) is 9.17. The SMILES string of the molecule is COC(=O)C(CC(C)C)NS(=O)(=O)c1cc(C)c(Br)s1. The second-order valence-corrected chi connectivity index (χ2v) is 9.16. The summed E-state index contributed by atoms with van der Waals surface area (Å²) in [5.74, 6) is -0.409. The number of methoxy groups -OCH3 is 1. The fourth-order valence-electron chi connectivity index (χ4n) is 1.62. The van der Waals surface area contributed by atoms with E-state index in [4.69, 9.17) is 0 Å². The molecule has 0 aliphatic rings. The van der Waals surface area contributed by atoms with Crippen LogP contribution in [-0.2, 0) is 19.6 Å². The van der Waals surface area contributed by atoms with Crippen LogP contribution < -0.4 is 4.72 Å². The van der Waals surface area contributed by atoms with Crippen molar-refractivity contribution in [3.05, 3.63) is 15.4 Å². The molecule has 0 aliphatic carbocycles. The van der Waals surface area contributed by atoms with Gasteiger partial charge in [0.25, 0.3) is 10.0 Å². The number of halogens is 1. The van der Waals surface area contributed by atoms with E-state index in [2.05, 4.69) is 25.4 Å². The van der Waals surface area contributed by atoms with Gasteiger partial charge in [-0.3, -0.25) is 4.79 Å². The topological polar surface area (TPSA) is 72.5 Å². The van der Waals surface area contributed by atoms with Crippen LogP contribution in [0.4, 0.5) is 0 Å². The lowest BCUT2D eigenvalue weighted by Crippen LogP contribution is -2.42. The number of aryl methyl sites for hydroxylation is 1. The van der Waals surface area contributed by atoms with Crippen LogP contribution in [0.25, 0.3) is 0 Å². The van der Waals surface area contributed by atoms with Gasteiger partial charge in [-0.15, -0.1) is 11.3 Å². The Morgan fingerprint density at radius 3 is 2.50 bits per heavy atom. The Balaban J connectivity index is 2.99. The van der Waals surface area contributed by atoms with E-state index >= 15 is 0 Å². The molecule has 1 rings (SSSR count). The molecule has 0 saturated carbocycles. The van der Waals surface area contributed by atoms with Gasteiger partial charge in [0.05, 0.1) is 10.9 Å². The Hall–Kier alpha value is -0.440. The molecule has 0 spiro atoms. The van der Waals surface area contributed by atoms with Gasteiger partial charge in [0.15, 0.2) is 0 Å². The average molecular weight is 384 g/mol. The summed E-state index contributed by atoms with van der Waals surface area (Å²) in [6.07, 6.45) is 0.386. The molecule has 20 heavy (non-hydrogen) atoms. The maximum absolute atomic E-state index is 12.3. The average Bonchev–Trinajstić information content (AvgIpc) is 2.68. The molecule has 0 fully saturated rings. The smallest absolute Gasteiger partial charge is 0.323 e. The summed E-state index contributed by atoms with van der Waals surface area (Å²) < 4.78 is 32.6. The van der Waals surface area contributed by atoms with Crippen molar-refractivity contribution in [2.75, 3.05) is 7.11 Å². The normalized spacial score (nSPS) is 13.5. The minimum atomic E-state index is -3.72. The van der Waals surface area contributed by atoms with Crippen molar-refractivity contribution in [2.24, 2.45) is 5.92 Å². The van der Waals surface area contributed by atoms with Gasteiger partial charge in [-0.25, -0.2) is 8.42 Å². The largest absolute Gasteiger partial charge is 0.468 e. The first kappa shape index (κ1) is 17.6. The van der Waals surface area contributed by atoms with Crippen molar-refractivity contribution < 1.29 is 17.9 Å². The second kappa shape index (κ2) is 7.02. The van der Waals surface area contributed by atoms with Crippen molar-refractivity contribution in [1.29, 1.82) is 0 Å². The maximum Gasteiger partial charge on any atom is 0.323 e. The molecule has 114 valence electrons. The van der Waals surface area contributed by atoms with Gasteiger partial charge >= 0.3 is 5.97 Å². The van der Waals surface area contributed by atoms with Gasteiger partial charge in [0, 0.05) is 0 Å². The van der Waals surface area contributed by atoms with Gasteiger partial charge < -0.3 is 4.74 Å². The molecule has 1 N–H and O–H groups in total. The van der Waals surface area contributed by atoms with Crippen molar-refractivity contribution >= 4 is 43.3 Å². The van der Waals surface area contributed by atoms with Crippen LogP contribution in [0, 0.1) is 12.8 Å². The fraction of sp³-hybridized carbons (Fsp3) is 0.583. The van der Waals surface area contributed by atoms with Crippen LogP contribution in [0.15, 0.2) is 14.1 Å². The molecule has 1 atom stereocenters. The van der Waals surface area contributed by atoms with Crippen molar-refractivity contribution in [3.63, 3.8) is 0 Å². The van der Waals surface area contributed by atoms with Crippen LogP contribution in [-0.4, -0.2) is 27.5 Å². The summed E-state index contributed by atoms with van der Waals surface area (Å²) in [6.45, 7) is 5.64. The zero-order valence-electron chi connectivity index (χ0n) is 11.8. The van der Waals surface area contributed by atoms with Gasteiger partial charge in [-0.05, 0) is 46.8 Å². The number of nitrogens with one attached hydrogen (secondary N) is 1. The third-order valence-corrected chi connectivity index (χ3v) is 6.67. The van der Waals surface area contributed by atoms with E-state index in [0.29, 0.717) is 6.42 Å². The summed E-state index contributed by atoms with van der Waals surface area (Å²) >= 11 is 4.41. The van der Waals surface area contributed by atoms with Crippen LogP contribution >= 0.6 is 27.3 Å². The molecule has 0 bridgehead atoms. The molecule has 1 unspecified atom stereocenters. The van der Waals surface area contributed by atoms with Crippen molar-refractivity contribution in [2.45, 2.75) is 37.4 Å². The summed E-state index contributed by atoms with van der Waals surface area (Å²) in [7, 11) is -2.48. The summed E-state index contributed by atoms with van der Waals surface area (Å²) in [5, 5.41) is 0. The lowest BCUT2D eigenvalue weighted by atomic mass is 10.1. The molecule has 1 heterocycles. The molecule has 0 saturated heterocycles. The molecule has 0 radical (unpaired) electrons. The number of carbonyl (C=O) groups is 1. The van der Waals surface area contributed by atoms with Crippen LogP contribution in [0.1, 0.15) is 25.8 Å². The van der Waals surface area contributed by atoms with E-state index in [0.717, 1.165) is 20.7 Å². The highest BCUT2D eigenvalue weighted by Crippen LogP contribution is 2.30. The van der Waals surface area contributed by atoms with Gasteiger partial charge in [0.1, 0.15) is 10.3 Å². The van der Waals surface area contributed by atoms with E-state index in [1.54, 1.807) is 6.07 Å². The van der Waals surface area contributed by atoms with Crippen LogP contribution in [0.3, 0.4) is 0 Å². The lowest BCUT2D eigenvalue weighted by Gasteiger charge is -2.17. The number of carbonyl (C=O) groups excluding carboxylic acids is 1. The molecular formula is C12H18BrNO4S2. The van der Waals surface area contributed by atoms with Gasteiger partial charge in [-0.1, -0.05) is 13.8 Å². The molecule has 0 aliphatic heterocycles. The maximum atomic E-state index is 12.3. The van der Waals surface area contributed by atoms with Crippen LogP contribution in [0.5, 0.6) is 0 Å². The molecule has 1 aromatic rings. The highest BCUT2D eigenvalue weighted by Gasteiger charge is 2.28. The fourth-order valence-corrected chi connectivity index (χ4v) is 5.06. The molecule has 8 heteroatoms. The molecule has 0 aromatic carbocycles. The summed E-state index contributed by atoms with van der Waals surface area (Å²) in [6, 6.07) is 0.701. The molecule has 1 aromatic heterocycles. The Labute approximate surface area is 131 Å². The van der Waals surface area contributed by atoms with E-state index < -0.39 is 22.0 Å². The quantitative estimate of drug-likeness (QED) is 0.766. The number of rotatable bonds is 6. The zero-order valence-corrected chi connectivity index (χ0v) is 15.0. The number of hydrogen-bond acceptors (Lipinski definition) is 5. The Kier molecular flexibility index (Phi) is 6.18. The highest BCUT2D eigenvalue weighted by atomic mass is 79.9. The van der Waals surface area contributed by atoms with Crippen molar-refractivity contribution in [3.8, 4) is 0 Å². The molecule has 5 nitrogen and oxygen atoms in total. The highest BCUT2D eigenvalue weighted by molar-refractivity contribution is 9.11.